The molecule has 0 aliphatic carbocycles. The highest BCUT2D eigenvalue weighted by molar-refractivity contribution is 6.61. The molecular formula is C18H29BN4O5. The average molecular weight is 392 g/mol. The van der Waals surface area contributed by atoms with E-state index in [1.807, 2.05) is 27.7 Å². The Kier molecular flexibility index (Phi) is 5.95. The number of amides is 1. The molecule has 9 nitrogen and oxygen atoms in total. The maximum absolute atomic E-state index is 12.1. The molecule has 0 spiro atoms. The summed E-state index contributed by atoms with van der Waals surface area (Å²) in [5, 5.41) is 21.7. The van der Waals surface area contributed by atoms with Crippen LogP contribution in [-0.2, 0) is 14.1 Å². The first-order valence-electron chi connectivity index (χ1n) is 9.65. The first-order valence-corrected chi connectivity index (χ1v) is 9.65. The molecule has 28 heavy (non-hydrogen) atoms. The lowest BCUT2D eigenvalue weighted by Crippen LogP contribution is -2.46. The van der Waals surface area contributed by atoms with Crippen molar-refractivity contribution >= 4 is 24.4 Å². The van der Waals surface area contributed by atoms with Crippen LogP contribution in [0.2, 0.25) is 0 Å². The number of carbonyl (C=O) groups excluding carboxylic acids is 1. The van der Waals surface area contributed by atoms with E-state index in [9.17, 15) is 9.90 Å². The summed E-state index contributed by atoms with van der Waals surface area (Å²) in [6, 6.07) is -0.0694. The van der Waals surface area contributed by atoms with Crippen LogP contribution in [-0.4, -0.2) is 81.2 Å². The lowest BCUT2D eigenvalue weighted by Gasteiger charge is -2.32. The normalized spacial score (nSPS) is 24.4. The largest absolute Gasteiger partial charge is 0.498 e. The molecule has 2 aliphatic rings. The molecule has 1 amide bonds. The predicted molar refractivity (Wildman–Crippen MR) is 104 cm³/mol. The van der Waals surface area contributed by atoms with Gasteiger partial charge in [0.2, 0.25) is 5.95 Å². The highest BCUT2D eigenvalue weighted by Gasteiger charge is 2.52. The summed E-state index contributed by atoms with van der Waals surface area (Å²) in [6.45, 7) is 8.44. The van der Waals surface area contributed by atoms with Gasteiger partial charge in [-0.15, -0.1) is 0 Å². The minimum absolute atomic E-state index is 0.0694. The number of nitrogens with zero attached hydrogens (tertiary/aromatic N) is 3. The Morgan fingerprint density at radius 2 is 1.93 bits per heavy atom. The highest BCUT2D eigenvalue weighted by atomic mass is 16.7. The summed E-state index contributed by atoms with van der Waals surface area (Å²) >= 11 is 0. The number of rotatable bonds is 6. The van der Waals surface area contributed by atoms with Crippen molar-refractivity contribution in [3.05, 3.63) is 12.4 Å². The van der Waals surface area contributed by atoms with Crippen molar-refractivity contribution in [3.63, 3.8) is 0 Å². The van der Waals surface area contributed by atoms with Gasteiger partial charge < -0.3 is 29.7 Å². The molecule has 0 saturated carbocycles. The third-order valence-corrected chi connectivity index (χ3v) is 5.81. The van der Waals surface area contributed by atoms with Gasteiger partial charge in [-0.2, -0.15) is 0 Å². The van der Waals surface area contributed by atoms with Crippen molar-refractivity contribution in [2.75, 3.05) is 25.0 Å². The Balaban J connectivity index is 1.57. The van der Waals surface area contributed by atoms with Gasteiger partial charge in [-0.1, -0.05) is 0 Å². The van der Waals surface area contributed by atoms with Gasteiger partial charge in [0.1, 0.15) is 0 Å². The molecule has 0 aromatic carbocycles. The lowest BCUT2D eigenvalue weighted by molar-refractivity contribution is -0.142. The van der Waals surface area contributed by atoms with Gasteiger partial charge in [0, 0.05) is 37.0 Å². The molecule has 0 bridgehead atoms. The van der Waals surface area contributed by atoms with Crippen molar-refractivity contribution in [1.82, 2.24) is 14.9 Å². The van der Waals surface area contributed by atoms with Crippen LogP contribution in [0.1, 0.15) is 40.5 Å². The van der Waals surface area contributed by atoms with Gasteiger partial charge in [0.05, 0.1) is 17.8 Å². The monoisotopic (exact) mass is 392 g/mol. The van der Waals surface area contributed by atoms with E-state index in [4.69, 9.17) is 14.4 Å². The van der Waals surface area contributed by atoms with Gasteiger partial charge in [0.15, 0.2) is 6.10 Å². The standard InChI is InChI=1S/C18H29BN4O5/c1-17(2)18(3,4)28-19(27-17)12-8-20-16(21-9-12)22-10-13-6-5-7-23(13)15(26)14(25)11-24/h8-9,13-14,24-25H,5-7,10-11H2,1-4H3,(H,20,21,22)/t13-,14+/m1/s1. The van der Waals surface area contributed by atoms with Gasteiger partial charge in [-0.3, -0.25) is 4.79 Å². The Morgan fingerprint density at radius 3 is 2.50 bits per heavy atom. The number of likely N-dealkylation sites (tertiary alicyclic amines) is 1. The highest BCUT2D eigenvalue weighted by Crippen LogP contribution is 2.36. The number of hydrogen-bond acceptors (Lipinski definition) is 8. The molecule has 0 radical (unpaired) electrons. The third kappa shape index (κ3) is 4.14. The maximum Gasteiger partial charge on any atom is 0.498 e. The number of aromatic nitrogens is 2. The van der Waals surface area contributed by atoms with E-state index >= 15 is 0 Å². The molecule has 154 valence electrons. The Morgan fingerprint density at radius 1 is 1.32 bits per heavy atom. The van der Waals surface area contributed by atoms with Crippen molar-refractivity contribution in [2.24, 2.45) is 0 Å². The van der Waals surface area contributed by atoms with Gasteiger partial charge in [0.25, 0.3) is 5.91 Å². The van der Waals surface area contributed by atoms with Crippen molar-refractivity contribution in [3.8, 4) is 0 Å². The number of hydrogen-bond donors (Lipinski definition) is 3. The van der Waals surface area contributed by atoms with Gasteiger partial charge in [-0.05, 0) is 40.5 Å². The molecule has 3 heterocycles. The van der Waals surface area contributed by atoms with E-state index in [2.05, 4.69) is 15.3 Å². The molecule has 3 N–H and O–H groups in total. The van der Waals surface area contributed by atoms with Crippen LogP contribution in [0.25, 0.3) is 0 Å². The first-order chi connectivity index (χ1) is 13.1. The molecule has 1 aromatic rings. The van der Waals surface area contributed by atoms with E-state index in [0.717, 1.165) is 18.3 Å². The predicted octanol–water partition coefficient (Wildman–Crippen LogP) is -0.468. The van der Waals surface area contributed by atoms with Crippen molar-refractivity contribution in [1.29, 1.82) is 0 Å². The first kappa shape index (κ1) is 21.0. The van der Waals surface area contributed by atoms with E-state index in [1.165, 1.54) is 0 Å². The van der Waals surface area contributed by atoms with Crippen LogP contribution < -0.4 is 10.8 Å². The zero-order chi connectivity index (χ0) is 20.5. The number of anilines is 1. The van der Waals surface area contributed by atoms with Crippen LogP contribution in [0.3, 0.4) is 0 Å². The van der Waals surface area contributed by atoms with Crippen LogP contribution in [0.15, 0.2) is 12.4 Å². The Hall–Kier alpha value is -1.75. The van der Waals surface area contributed by atoms with Gasteiger partial charge >= 0.3 is 7.12 Å². The van der Waals surface area contributed by atoms with Gasteiger partial charge in [-0.25, -0.2) is 9.97 Å². The molecule has 2 atom stereocenters. The zero-order valence-corrected chi connectivity index (χ0v) is 16.9. The fraction of sp³-hybridized carbons (Fsp3) is 0.722. The van der Waals surface area contributed by atoms with E-state index in [-0.39, 0.29) is 6.04 Å². The second-order valence-electron chi connectivity index (χ2n) is 8.34. The van der Waals surface area contributed by atoms with Crippen LogP contribution in [0.4, 0.5) is 5.95 Å². The molecule has 2 aliphatic heterocycles. The fourth-order valence-electron chi connectivity index (χ4n) is 3.35. The van der Waals surface area contributed by atoms with Crippen LogP contribution in [0, 0.1) is 0 Å². The second-order valence-corrected chi connectivity index (χ2v) is 8.34. The number of carbonyl (C=O) groups is 1. The second kappa shape index (κ2) is 7.94. The molecule has 0 unspecified atom stereocenters. The Bertz CT molecular complexity index is 684. The summed E-state index contributed by atoms with van der Waals surface area (Å²) in [4.78, 5) is 22.4. The summed E-state index contributed by atoms with van der Waals surface area (Å²) in [5.74, 6) is 0.00565. The number of aliphatic hydroxyl groups is 2. The van der Waals surface area contributed by atoms with Crippen molar-refractivity contribution in [2.45, 2.75) is 63.9 Å². The summed E-state index contributed by atoms with van der Waals surface area (Å²) in [6.07, 6.45) is 3.66. The minimum Gasteiger partial charge on any atom is -0.399 e. The fourth-order valence-corrected chi connectivity index (χ4v) is 3.35. The molecule has 10 heteroatoms. The van der Waals surface area contributed by atoms with Crippen LogP contribution in [0.5, 0.6) is 0 Å². The quantitative estimate of drug-likeness (QED) is 0.557. The minimum atomic E-state index is -1.36. The van der Waals surface area contributed by atoms with Crippen molar-refractivity contribution < 1.29 is 24.3 Å². The number of aliphatic hydroxyl groups excluding tert-OH is 2. The molecule has 2 saturated heterocycles. The maximum atomic E-state index is 12.1. The number of nitrogens with one attached hydrogen (secondary N) is 1. The average Bonchev–Trinajstić information content (AvgIpc) is 3.20. The summed E-state index contributed by atoms with van der Waals surface area (Å²) in [5.41, 5.74) is -0.105. The van der Waals surface area contributed by atoms with Crippen LogP contribution >= 0.6 is 0 Å². The summed E-state index contributed by atoms with van der Waals surface area (Å²) < 4.78 is 12.0. The SMILES string of the molecule is CC1(C)OB(c2cnc(NC[C@H]3CCCN3C(=O)[C@@H](O)CO)nc2)OC1(C)C. The third-order valence-electron chi connectivity index (χ3n) is 5.81. The lowest BCUT2D eigenvalue weighted by atomic mass is 9.81. The smallest absolute Gasteiger partial charge is 0.399 e. The van der Waals surface area contributed by atoms with E-state index in [0.29, 0.717) is 19.0 Å². The Labute approximate surface area is 165 Å². The zero-order valence-electron chi connectivity index (χ0n) is 16.9. The summed E-state index contributed by atoms with van der Waals surface area (Å²) in [7, 11) is -0.512. The molecule has 3 rings (SSSR count). The molecule has 1 aromatic heterocycles. The van der Waals surface area contributed by atoms with E-state index < -0.39 is 36.9 Å². The molecule has 2 fully saturated rings. The topological polar surface area (TPSA) is 117 Å². The van der Waals surface area contributed by atoms with E-state index in [1.54, 1.807) is 17.3 Å². The molecular weight excluding hydrogens is 363 g/mol.